The zero-order valence-electron chi connectivity index (χ0n) is 8.98. The summed E-state index contributed by atoms with van der Waals surface area (Å²) in [6, 6.07) is 8.57. The minimum atomic E-state index is 0.432. The van der Waals surface area contributed by atoms with Crippen molar-refractivity contribution in [1.29, 1.82) is 0 Å². The molecular formula is C13H16N2. The van der Waals surface area contributed by atoms with Crippen molar-refractivity contribution in [2.45, 2.75) is 19.4 Å². The minimum Gasteiger partial charge on any atom is -0.399 e. The van der Waals surface area contributed by atoms with Gasteiger partial charge in [-0.05, 0) is 36.9 Å². The van der Waals surface area contributed by atoms with Crippen LogP contribution in [0.15, 0.2) is 43.1 Å². The summed E-state index contributed by atoms with van der Waals surface area (Å²) in [5.41, 5.74) is 7.80. The molecule has 1 unspecified atom stereocenters. The first-order valence-electron chi connectivity index (χ1n) is 5.19. The van der Waals surface area contributed by atoms with E-state index < -0.39 is 0 Å². The van der Waals surface area contributed by atoms with Gasteiger partial charge in [0.05, 0.1) is 5.52 Å². The van der Waals surface area contributed by atoms with Gasteiger partial charge in [-0.2, -0.15) is 0 Å². The van der Waals surface area contributed by atoms with Crippen LogP contribution in [0.2, 0.25) is 0 Å². The number of benzene rings is 1. The van der Waals surface area contributed by atoms with Crippen molar-refractivity contribution in [2.24, 2.45) is 0 Å². The highest BCUT2D eigenvalue weighted by atomic mass is 15.0. The molecule has 1 aromatic heterocycles. The molecule has 2 aromatic rings. The third-order valence-electron chi connectivity index (χ3n) is 2.73. The highest BCUT2D eigenvalue weighted by molar-refractivity contribution is 5.83. The first kappa shape index (κ1) is 9.84. The number of hydrogen-bond acceptors (Lipinski definition) is 1. The second-order valence-electron chi connectivity index (χ2n) is 3.91. The van der Waals surface area contributed by atoms with Crippen molar-refractivity contribution in [3.05, 3.63) is 43.1 Å². The third-order valence-corrected chi connectivity index (χ3v) is 2.73. The van der Waals surface area contributed by atoms with Gasteiger partial charge in [-0.15, -0.1) is 6.58 Å². The smallest absolute Gasteiger partial charge is 0.0503 e. The molecule has 0 aliphatic rings. The average molecular weight is 200 g/mol. The van der Waals surface area contributed by atoms with Crippen LogP contribution in [0, 0.1) is 0 Å². The monoisotopic (exact) mass is 200 g/mol. The molecule has 2 heteroatoms. The molecule has 15 heavy (non-hydrogen) atoms. The lowest BCUT2D eigenvalue weighted by Gasteiger charge is -2.13. The Kier molecular flexibility index (Phi) is 2.50. The molecule has 0 fully saturated rings. The molecule has 0 aliphatic carbocycles. The second kappa shape index (κ2) is 3.81. The van der Waals surface area contributed by atoms with Crippen molar-refractivity contribution in [2.75, 3.05) is 5.73 Å². The van der Waals surface area contributed by atoms with Crippen LogP contribution < -0.4 is 5.73 Å². The van der Waals surface area contributed by atoms with E-state index in [9.17, 15) is 0 Å². The van der Waals surface area contributed by atoms with Crippen molar-refractivity contribution in [3.63, 3.8) is 0 Å². The van der Waals surface area contributed by atoms with Crippen molar-refractivity contribution < 1.29 is 0 Å². The summed E-state index contributed by atoms with van der Waals surface area (Å²) in [5, 5.41) is 1.24. The summed E-state index contributed by atoms with van der Waals surface area (Å²) in [6.45, 7) is 5.95. The number of nitrogens with zero attached hydrogens (tertiary/aromatic N) is 1. The zero-order chi connectivity index (χ0) is 10.8. The fourth-order valence-electron chi connectivity index (χ4n) is 1.91. The lowest BCUT2D eigenvalue weighted by atomic mass is 10.2. The predicted molar refractivity (Wildman–Crippen MR) is 65.9 cm³/mol. The number of nitrogens with two attached hydrogens (primary N) is 1. The fourth-order valence-corrected chi connectivity index (χ4v) is 1.91. The van der Waals surface area contributed by atoms with Crippen LogP contribution in [0.25, 0.3) is 10.9 Å². The number of nitrogen functional groups attached to an aromatic ring is 1. The highest BCUT2D eigenvalue weighted by Gasteiger charge is 2.06. The Bertz CT molecular complexity index is 482. The van der Waals surface area contributed by atoms with E-state index in [1.807, 2.05) is 18.2 Å². The van der Waals surface area contributed by atoms with Crippen LogP contribution in [-0.4, -0.2) is 4.57 Å². The lowest BCUT2D eigenvalue weighted by molar-refractivity contribution is 0.574. The minimum absolute atomic E-state index is 0.432. The van der Waals surface area contributed by atoms with E-state index in [1.54, 1.807) is 0 Å². The van der Waals surface area contributed by atoms with E-state index in [4.69, 9.17) is 5.73 Å². The molecule has 78 valence electrons. The largest absolute Gasteiger partial charge is 0.399 e. The fraction of sp³-hybridized carbons (Fsp3) is 0.231. The van der Waals surface area contributed by atoms with Gasteiger partial charge < -0.3 is 10.3 Å². The number of anilines is 1. The normalized spacial score (nSPS) is 12.9. The van der Waals surface area contributed by atoms with Gasteiger partial charge in [0.2, 0.25) is 0 Å². The summed E-state index contributed by atoms with van der Waals surface area (Å²) >= 11 is 0. The van der Waals surface area contributed by atoms with Crippen molar-refractivity contribution in [3.8, 4) is 0 Å². The Hall–Kier alpha value is -1.70. The van der Waals surface area contributed by atoms with E-state index in [2.05, 4.69) is 36.4 Å². The van der Waals surface area contributed by atoms with Crippen LogP contribution in [0.4, 0.5) is 5.69 Å². The SMILES string of the molecule is C=CCC(C)n1ccc2ccc(N)cc21. The molecular weight excluding hydrogens is 184 g/mol. The number of aromatic nitrogens is 1. The Labute approximate surface area is 90.0 Å². The van der Waals surface area contributed by atoms with Gasteiger partial charge in [0.1, 0.15) is 0 Å². The standard InChI is InChI=1S/C13H16N2/c1-3-4-10(2)15-8-7-11-5-6-12(14)9-13(11)15/h3,5-10H,1,4,14H2,2H3. The van der Waals surface area contributed by atoms with E-state index in [1.165, 1.54) is 10.9 Å². The number of fused-ring (bicyclic) bond motifs is 1. The van der Waals surface area contributed by atoms with E-state index >= 15 is 0 Å². The zero-order valence-corrected chi connectivity index (χ0v) is 8.98. The first-order valence-corrected chi connectivity index (χ1v) is 5.19. The van der Waals surface area contributed by atoms with Gasteiger partial charge in [-0.1, -0.05) is 12.1 Å². The second-order valence-corrected chi connectivity index (χ2v) is 3.91. The summed E-state index contributed by atoms with van der Waals surface area (Å²) in [4.78, 5) is 0. The molecule has 1 heterocycles. The molecule has 1 aromatic carbocycles. The third kappa shape index (κ3) is 1.75. The van der Waals surface area contributed by atoms with Crippen LogP contribution in [0.3, 0.4) is 0 Å². The molecule has 0 saturated heterocycles. The molecule has 0 radical (unpaired) electrons. The van der Waals surface area contributed by atoms with Gasteiger partial charge in [-0.25, -0.2) is 0 Å². The molecule has 0 saturated carbocycles. The predicted octanol–water partition coefficient (Wildman–Crippen LogP) is 3.36. The maximum absolute atomic E-state index is 5.79. The van der Waals surface area contributed by atoms with Gasteiger partial charge >= 0.3 is 0 Å². The summed E-state index contributed by atoms with van der Waals surface area (Å²) in [6.07, 6.45) is 5.03. The van der Waals surface area contributed by atoms with E-state index in [-0.39, 0.29) is 0 Å². The molecule has 0 bridgehead atoms. The van der Waals surface area contributed by atoms with Crippen molar-refractivity contribution >= 4 is 16.6 Å². The van der Waals surface area contributed by atoms with Crippen LogP contribution in [0.5, 0.6) is 0 Å². The van der Waals surface area contributed by atoms with Gasteiger partial charge in [0.15, 0.2) is 0 Å². The summed E-state index contributed by atoms with van der Waals surface area (Å²) in [5.74, 6) is 0. The average Bonchev–Trinajstić information content (AvgIpc) is 2.60. The Balaban J connectivity index is 2.51. The Morgan fingerprint density at radius 3 is 3.00 bits per heavy atom. The van der Waals surface area contributed by atoms with Crippen molar-refractivity contribution in [1.82, 2.24) is 4.57 Å². The lowest BCUT2D eigenvalue weighted by Crippen LogP contribution is -2.02. The van der Waals surface area contributed by atoms with Crippen LogP contribution in [0.1, 0.15) is 19.4 Å². The molecule has 0 aliphatic heterocycles. The van der Waals surface area contributed by atoms with Crippen LogP contribution in [-0.2, 0) is 0 Å². The molecule has 2 N–H and O–H groups in total. The molecule has 2 rings (SSSR count). The maximum Gasteiger partial charge on any atom is 0.0503 e. The molecule has 0 amide bonds. The maximum atomic E-state index is 5.79. The van der Waals surface area contributed by atoms with Gasteiger partial charge in [0, 0.05) is 17.9 Å². The molecule has 2 nitrogen and oxygen atoms in total. The van der Waals surface area contributed by atoms with Gasteiger partial charge in [-0.3, -0.25) is 0 Å². The highest BCUT2D eigenvalue weighted by Crippen LogP contribution is 2.23. The topological polar surface area (TPSA) is 30.9 Å². The van der Waals surface area contributed by atoms with Gasteiger partial charge in [0.25, 0.3) is 0 Å². The molecule has 0 spiro atoms. The van der Waals surface area contributed by atoms with E-state index in [0.29, 0.717) is 6.04 Å². The number of allylic oxidation sites excluding steroid dienone is 1. The summed E-state index contributed by atoms with van der Waals surface area (Å²) in [7, 11) is 0. The number of rotatable bonds is 3. The Morgan fingerprint density at radius 2 is 2.27 bits per heavy atom. The van der Waals surface area contributed by atoms with Crippen LogP contribution >= 0.6 is 0 Å². The Morgan fingerprint density at radius 1 is 1.47 bits per heavy atom. The summed E-state index contributed by atoms with van der Waals surface area (Å²) < 4.78 is 2.24. The number of hydrogen-bond donors (Lipinski definition) is 1. The molecule has 1 atom stereocenters. The van der Waals surface area contributed by atoms with E-state index in [0.717, 1.165) is 12.1 Å². The first-order chi connectivity index (χ1) is 7.22. The quantitative estimate of drug-likeness (QED) is 0.597.